The fourth-order valence-electron chi connectivity index (χ4n) is 1.87. The van der Waals surface area contributed by atoms with Crippen LogP contribution in [0.25, 0.3) is 0 Å². The molecule has 2 heterocycles. The van der Waals surface area contributed by atoms with Gasteiger partial charge in [-0.05, 0) is 6.04 Å². The van der Waals surface area contributed by atoms with Gasteiger partial charge in [-0.25, -0.2) is 9.07 Å². The normalized spacial score (nSPS) is 22.7. The van der Waals surface area contributed by atoms with Crippen molar-refractivity contribution in [3.8, 4) is 5.88 Å². The van der Waals surface area contributed by atoms with Crippen LogP contribution in [0, 0.1) is 0 Å². The molecular formula is C13H24FN3O3Si. The molecule has 2 atom stereocenters. The minimum absolute atomic E-state index is 0.0606. The van der Waals surface area contributed by atoms with Crippen molar-refractivity contribution in [2.75, 3.05) is 25.6 Å². The lowest BCUT2D eigenvalue weighted by Crippen LogP contribution is -2.27. The number of rotatable bonds is 7. The van der Waals surface area contributed by atoms with Crippen molar-refractivity contribution in [2.45, 2.75) is 44.7 Å². The first-order valence-electron chi connectivity index (χ1n) is 7.14. The van der Waals surface area contributed by atoms with Crippen LogP contribution in [-0.2, 0) is 16.2 Å². The lowest BCUT2D eigenvalue weighted by molar-refractivity contribution is 0.0748. The van der Waals surface area contributed by atoms with Gasteiger partial charge in [-0.3, -0.25) is 0 Å². The number of ether oxygens (including phenoxy) is 3. The SMILES string of the molecule is C[Si](C)(C)CCOCn1cc(N)c(O[C@@H]2COC[C@H]2F)n1. The van der Waals surface area contributed by atoms with Gasteiger partial charge in [0.15, 0.2) is 12.3 Å². The Morgan fingerprint density at radius 2 is 2.24 bits per heavy atom. The predicted molar refractivity (Wildman–Crippen MR) is 80.9 cm³/mol. The van der Waals surface area contributed by atoms with E-state index in [1.165, 1.54) is 0 Å². The Bertz CT molecular complexity index is 464. The molecule has 21 heavy (non-hydrogen) atoms. The molecule has 0 saturated carbocycles. The zero-order chi connectivity index (χ0) is 15.5. The number of alkyl halides is 1. The zero-order valence-electron chi connectivity index (χ0n) is 12.8. The highest BCUT2D eigenvalue weighted by molar-refractivity contribution is 6.76. The van der Waals surface area contributed by atoms with E-state index in [0.717, 1.165) is 6.04 Å². The number of nitrogen functional groups attached to an aromatic ring is 1. The number of nitrogens with zero attached hydrogens (tertiary/aromatic N) is 2. The second kappa shape index (κ2) is 6.76. The third-order valence-corrected chi connectivity index (χ3v) is 4.90. The number of hydrogen-bond donors (Lipinski definition) is 1. The van der Waals surface area contributed by atoms with E-state index in [0.29, 0.717) is 19.0 Å². The summed E-state index contributed by atoms with van der Waals surface area (Å²) in [7, 11) is -1.09. The highest BCUT2D eigenvalue weighted by atomic mass is 28.3. The molecule has 120 valence electrons. The Morgan fingerprint density at radius 3 is 2.86 bits per heavy atom. The van der Waals surface area contributed by atoms with Crippen molar-refractivity contribution >= 4 is 13.8 Å². The molecule has 2 rings (SSSR count). The van der Waals surface area contributed by atoms with Crippen molar-refractivity contribution in [3.63, 3.8) is 0 Å². The number of aromatic nitrogens is 2. The van der Waals surface area contributed by atoms with Gasteiger partial charge in [0.05, 0.1) is 19.4 Å². The van der Waals surface area contributed by atoms with Gasteiger partial charge in [-0.1, -0.05) is 19.6 Å². The number of nitrogens with two attached hydrogens (primary N) is 1. The van der Waals surface area contributed by atoms with Gasteiger partial charge < -0.3 is 19.9 Å². The first kappa shape index (κ1) is 16.3. The molecular weight excluding hydrogens is 293 g/mol. The van der Waals surface area contributed by atoms with Crippen molar-refractivity contribution in [1.29, 1.82) is 0 Å². The van der Waals surface area contributed by atoms with Gasteiger partial charge in [0.25, 0.3) is 5.88 Å². The Labute approximate surface area is 125 Å². The van der Waals surface area contributed by atoms with Crippen molar-refractivity contribution in [3.05, 3.63) is 6.20 Å². The third kappa shape index (κ3) is 4.97. The van der Waals surface area contributed by atoms with E-state index in [9.17, 15) is 4.39 Å². The van der Waals surface area contributed by atoms with Gasteiger partial charge >= 0.3 is 0 Å². The number of halogens is 1. The monoisotopic (exact) mass is 317 g/mol. The van der Waals surface area contributed by atoms with E-state index >= 15 is 0 Å². The largest absolute Gasteiger partial charge is 0.466 e. The molecule has 1 fully saturated rings. The van der Waals surface area contributed by atoms with Crippen LogP contribution in [0.3, 0.4) is 0 Å². The maximum absolute atomic E-state index is 13.4. The summed E-state index contributed by atoms with van der Waals surface area (Å²) in [4.78, 5) is 0. The highest BCUT2D eigenvalue weighted by Crippen LogP contribution is 2.23. The molecule has 1 aliphatic heterocycles. The van der Waals surface area contributed by atoms with E-state index in [4.69, 9.17) is 19.9 Å². The minimum Gasteiger partial charge on any atom is -0.466 e. The van der Waals surface area contributed by atoms with Crippen molar-refractivity contribution < 1.29 is 18.6 Å². The minimum atomic E-state index is -1.14. The lowest BCUT2D eigenvalue weighted by atomic mass is 10.3. The Kier molecular flexibility index (Phi) is 5.23. The average molecular weight is 317 g/mol. The first-order valence-corrected chi connectivity index (χ1v) is 10.8. The second-order valence-electron chi connectivity index (χ2n) is 6.49. The predicted octanol–water partition coefficient (Wildman–Crippen LogP) is 1.89. The van der Waals surface area contributed by atoms with E-state index in [1.807, 2.05) is 0 Å². The fourth-order valence-corrected chi connectivity index (χ4v) is 2.63. The molecule has 1 aromatic rings. The van der Waals surface area contributed by atoms with E-state index < -0.39 is 20.3 Å². The molecule has 0 bridgehead atoms. The summed E-state index contributed by atoms with van der Waals surface area (Å²) < 4.78 is 31.0. The fraction of sp³-hybridized carbons (Fsp3) is 0.769. The molecule has 0 amide bonds. The molecule has 2 N–H and O–H groups in total. The quantitative estimate of drug-likeness (QED) is 0.614. The molecule has 0 spiro atoms. The summed E-state index contributed by atoms with van der Waals surface area (Å²) in [5.74, 6) is 0.238. The Balaban J connectivity index is 1.81. The van der Waals surface area contributed by atoms with E-state index in [2.05, 4.69) is 24.7 Å². The van der Waals surface area contributed by atoms with Crippen LogP contribution in [0.1, 0.15) is 0 Å². The molecule has 6 nitrogen and oxygen atoms in total. The molecule has 0 aromatic carbocycles. The summed E-state index contributed by atoms with van der Waals surface area (Å²) in [6, 6.07) is 1.09. The molecule has 1 aromatic heterocycles. The topological polar surface area (TPSA) is 71.5 Å². The maximum Gasteiger partial charge on any atom is 0.256 e. The van der Waals surface area contributed by atoms with Crippen LogP contribution in [0.4, 0.5) is 10.1 Å². The van der Waals surface area contributed by atoms with Gasteiger partial charge in [0.2, 0.25) is 0 Å². The lowest BCUT2D eigenvalue weighted by Gasteiger charge is -2.15. The Morgan fingerprint density at radius 1 is 1.48 bits per heavy atom. The van der Waals surface area contributed by atoms with Crippen LogP contribution in [0.2, 0.25) is 25.7 Å². The summed E-state index contributed by atoms with van der Waals surface area (Å²) in [5.41, 5.74) is 6.20. The van der Waals surface area contributed by atoms with Crippen molar-refractivity contribution in [1.82, 2.24) is 9.78 Å². The van der Waals surface area contributed by atoms with E-state index in [-0.39, 0.29) is 19.1 Å². The highest BCUT2D eigenvalue weighted by Gasteiger charge is 2.31. The zero-order valence-corrected chi connectivity index (χ0v) is 13.8. The second-order valence-corrected chi connectivity index (χ2v) is 12.1. The van der Waals surface area contributed by atoms with Crippen LogP contribution >= 0.6 is 0 Å². The summed E-state index contributed by atoms with van der Waals surface area (Å²) >= 11 is 0. The summed E-state index contributed by atoms with van der Waals surface area (Å²) in [6.07, 6.45) is -0.140. The first-order chi connectivity index (χ1) is 9.85. The number of anilines is 1. The van der Waals surface area contributed by atoms with Gasteiger partial charge in [0.1, 0.15) is 12.4 Å². The third-order valence-electron chi connectivity index (χ3n) is 3.20. The molecule has 0 unspecified atom stereocenters. The summed E-state index contributed by atoms with van der Waals surface area (Å²) in [6.45, 7) is 8.19. The standard InChI is InChI=1S/C13H24FN3O3Si/c1-21(2,3)5-4-18-9-17-6-11(15)13(16-17)20-12-8-19-7-10(12)14/h6,10,12H,4-5,7-9,15H2,1-3H3/t10-,12-/m1/s1. The average Bonchev–Trinajstić information content (AvgIpc) is 2.92. The molecule has 0 radical (unpaired) electrons. The van der Waals surface area contributed by atoms with Gasteiger partial charge in [0, 0.05) is 14.7 Å². The Hall–Kier alpha value is -1.12. The van der Waals surface area contributed by atoms with Gasteiger partial charge in [-0.15, -0.1) is 5.10 Å². The smallest absolute Gasteiger partial charge is 0.256 e. The van der Waals surface area contributed by atoms with Crippen LogP contribution in [0.5, 0.6) is 5.88 Å². The van der Waals surface area contributed by atoms with E-state index in [1.54, 1.807) is 10.9 Å². The molecule has 1 saturated heterocycles. The number of hydrogen-bond acceptors (Lipinski definition) is 5. The molecule has 0 aliphatic carbocycles. The summed E-state index contributed by atoms with van der Waals surface area (Å²) in [5, 5.41) is 4.18. The van der Waals surface area contributed by atoms with Crippen LogP contribution in [0.15, 0.2) is 6.20 Å². The van der Waals surface area contributed by atoms with Crippen molar-refractivity contribution in [2.24, 2.45) is 0 Å². The van der Waals surface area contributed by atoms with Crippen LogP contribution in [-0.4, -0.2) is 50.0 Å². The molecule has 8 heteroatoms. The maximum atomic E-state index is 13.4. The van der Waals surface area contributed by atoms with Gasteiger partial charge in [-0.2, -0.15) is 0 Å². The molecule has 1 aliphatic rings. The van der Waals surface area contributed by atoms with Crippen LogP contribution < -0.4 is 10.5 Å².